The summed E-state index contributed by atoms with van der Waals surface area (Å²) in [6, 6.07) is 7.02. The Bertz CT molecular complexity index is 657. The lowest BCUT2D eigenvalue weighted by Gasteiger charge is -2.33. The minimum absolute atomic E-state index is 0.0173. The average Bonchev–Trinajstić information content (AvgIpc) is 3.41. The summed E-state index contributed by atoms with van der Waals surface area (Å²) in [5, 5.41) is 5.45. The summed E-state index contributed by atoms with van der Waals surface area (Å²) in [6.07, 6.45) is 1.78. The van der Waals surface area contributed by atoms with Crippen LogP contribution in [-0.2, 0) is 14.4 Å². The van der Waals surface area contributed by atoms with E-state index in [9.17, 15) is 14.4 Å². The normalized spacial score (nSPS) is 19.0. The predicted octanol–water partition coefficient (Wildman–Crippen LogP) is 0.585. The first kappa shape index (κ1) is 16.3. The maximum Gasteiger partial charge on any atom is 0.316 e. The van der Waals surface area contributed by atoms with Crippen molar-refractivity contribution in [3.05, 3.63) is 24.3 Å². The van der Waals surface area contributed by atoms with Crippen LogP contribution in [0.2, 0.25) is 0 Å². The number of para-hydroxylation sites is 2. The van der Waals surface area contributed by atoms with Crippen molar-refractivity contribution in [3.8, 4) is 5.75 Å². The summed E-state index contributed by atoms with van der Waals surface area (Å²) in [5.41, 5.74) is 0.507. The maximum atomic E-state index is 12.5. The molecule has 1 unspecified atom stereocenters. The van der Waals surface area contributed by atoms with Gasteiger partial charge in [-0.1, -0.05) is 19.1 Å². The van der Waals surface area contributed by atoms with E-state index in [-0.39, 0.29) is 18.5 Å². The Hall–Kier alpha value is -2.57. The van der Waals surface area contributed by atoms with E-state index in [4.69, 9.17) is 4.74 Å². The Morgan fingerprint density at radius 1 is 1.25 bits per heavy atom. The molecule has 3 amide bonds. The molecular formula is C17H21N3O4. The largest absolute Gasteiger partial charge is 0.477 e. The number of rotatable bonds is 4. The van der Waals surface area contributed by atoms with Crippen LogP contribution in [0.15, 0.2) is 24.3 Å². The molecule has 1 aromatic carbocycles. The van der Waals surface area contributed by atoms with Crippen molar-refractivity contribution in [1.82, 2.24) is 10.6 Å². The molecule has 1 aliphatic carbocycles. The van der Waals surface area contributed by atoms with Crippen LogP contribution in [0.25, 0.3) is 0 Å². The van der Waals surface area contributed by atoms with Gasteiger partial charge in [0.05, 0.1) is 12.2 Å². The Morgan fingerprint density at radius 2 is 2.00 bits per heavy atom. The number of fused-ring (bicyclic) bond motifs is 1. The summed E-state index contributed by atoms with van der Waals surface area (Å²) in [7, 11) is 0. The SMILES string of the molecule is CCCNC(=O)C1CN(C(=O)C(=O)NC2CC2)c2ccccc2O1. The number of ether oxygens (including phenoxy) is 1. The Morgan fingerprint density at radius 3 is 2.71 bits per heavy atom. The van der Waals surface area contributed by atoms with Gasteiger partial charge < -0.3 is 15.4 Å². The molecular weight excluding hydrogens is 310 g/mol. The van der Waals surface area contributed by atoms with Gasteiger partial charge in [-0.15, -0.1) is 0 Å². The van der Waals surface area contributed by atoms with E-state index in [1.165, 1.54) is 4.90 Å². The first-order valence-corrected chi connectivity index (χ1v) is 8.26. The molecule has 0 saturated heterocycles. The number of nitrogens with one attached hydrogen (secondary N) is 2. The fraction of sp³-hybridized carbons (Fsp3) is 0.471. The number of carbonyl (C=O) groups is 3. The third kappa shape index (κ3) is 3.50. The van der Waals surface area contributed by atoms with Gasteiger partial charge in [0, 0.05) is 12.6 Å². The Labute approximate surface area is 140 Å². The highest BCUT2D eigenvalue weighted by Crippen LogP contribution is 2.33. The number of nitrogens with zero attached hydrogens (tertiary/aromatic N) is 1. The van der Waals surface area contributed by atoms with Crippen LogP contribution >= 0.6 is 0 Å². The van der Waals surface area contributed by atoms with Gasteiger partial charge in [-0.2, -0.15) is 0 Å². The zero-order valence-electron chi connectivity index (χ0n) is 13.6. The molecule has 0 radical (unpaired) electrons. The molecule has 7 heteroatoms. The van der Waals surface area contributed by atoms with Crippen LogP contribution in [0.5, 0.6) is 5.75 Å². The van der Waals surface area contributed by atoms with E-state index in [1.54, 1.807) is 24.3 Å². The molecule has 128 valence electrons. The topological polar surface area (TPSA) is 87.7 Å². The van der Waals surface area contributed by atoms with E-state index in [0.29, 0.717) is 18.0 Å². The van der Waals surface area contributed by atoms with Crippen LogP contribution in [0.4, 0.5) is 5.69 Å². The van der Waals surface area contributed by atoms with Gasteiger partial charge >= 0.3 is 11.8 Å². The highest BCUT2D eigenvalue weighted by Gasteiger charge is 2.37. The zero-order chi connectivity index (χ0) is 17.1. The number of benzene rings is 1. The molecule has 1 aliphatic heterocycles. The predicted molar refractivity (Wildman–Crippen MR) is 87.7 cm³/mol. The number of carbonyl (C=O) groups excluding carboxylic acids is 3. The second-order valence-corrected chi connectivity index (χ2v) is 6.03. The lowest BCUT2D eigenvalue weighted by molar-refractivity contribution is -0.138. The number of anilines is 1. The summed E-state index contributed by atoms with van der Waals surface area (Å²) in [5.74, 6) is -1.16. The first-order valence-electron chi connectivity index (χ1n) is 8.26. The number of hydrogen-bond acceptors (Lipinski definition) is 4. The van der Waals surface area contributed by atoms with Gasteiger partial charge in [0.25, 0.3) is 5.91 Å². The second kappa shape index (κ2) is 6.90. The van der Waals surface area contributed by atoms with E-state index in [2.05, 4.69) is 10.6 Å². The second-order valence-electron chi connectivity index (χ2n) is 6.03. The highest BCUT2D eigenvalue weighted by atomic mass is 16.5. The third-order valence-corrected chi connectivity index (χ3v) is 3.97. The molecule has 1 saturated carbocycles. The fourth-order valence-corrected chi connectivity index (χ4v) is 2.52. The van der Waals surface area contributed by atoms with E-state index in [1.807, 2.05) is 6.92 Å². The van der Waals surface area contributed by atoms with Crippen molar-refractivity contribution >= 4 is 23.4 Å². The monoisotopic (exact) mass is 331 g/mol. The fourth-order valence-electron chi connectivity index (χ4n) is 2.52. The quantitative estimate of drug-likeness (QED) is 0.790. The van der Waals surface area contributed by atoms with Crippen LogP contribution < -0.4 is 20.3 Å². The van der Waals surface area contributed by atoms with E-state index in [0.717, 1.165) is 19.3 Å². The average molecular weight is 331 g/mol. The zero-order valence-corrected chi connectivity index (χ0v) is 13.6. The van der Waals surface area contributed by atoms with Crippen LogP contribution in [0, 0.1) is 0 Å². The summed E-state index contributed by atoms with van der Waals surface area (Å²) < 4.78 is 5.71. The molecule has 1 atom stereocenters. The molecule has 7 nitrogen and oxygen atoms in total. The van der Waals surface area contributed by atoms with Crippen molar-refractivity contribution in [3.63, 3.8) is 0 Å². The van der Waals surface area contributed by atoms with Gasteiger partial charge in [0.15, 0.2) is 6.10 Å². The molecule has 0 aromatic heterocycles. The van der Waals surface area contributed by atoms with Gasteiger partial charge in [-0.25, -0.2) is 0 Å². The standard InChI is InChI=1S/C17H21N3O4/c1-2-9-18-15(21)14-10-20(12-5-3-4-6-13(12)24-14)17(23)16(22)19-11-7-8-11/h3-6,11,14H,2,7-10H2,1H3,(H,18,21)(H,19,22). The number of amides is 3. The minimum Gasteiger partial charge on any atom is -0.477 e. The van der Waals surface area contributed by atoms with Crippen LogP contribution in [0.3, 0.4) is 0 Å². The summed E-state index contributed by atoms with van der Waals surface area (Å²) in [6.45, 7) is 2.51. The van der Waals surface area contributed by atoms with Crippen molar-refractivity contribution in [2.24, 2.45) is 0 Å². The highest BCUT2D eigenvalue weighted by molar-refractivity contribution is 6.40. The Kier molecular flexibility index (Phi) is 4.69. The van der Waals surface area contributed by atoms with Gasteiger partial charge in [-0.05, 0) is 31.4 Å². The van der Waals surface area contributed by atoms with E-state index >= 15 is 0 Å². The third-order valence-electron chi connectivity index (χ3n) is 3.97. The molecule has 1 heterocycles. The molecule has 2 N–H and O–H groups in total. The smallest absolute Gasteiger partial charge is 0.316 e. The van der Waals surface area contributed by atoms with Crippen molar-refractivity contribution < 1.29 is 19.1 Å². The molecule has 0 spiro atoms. The van der Waals surface area contributed by atoms with Crippen molar-refractivity contribution in [2.75, 3.05) is 18.0 Å². The Balaban J connectivity index is 1.79. The van der Waals surface area contributed by atoms with Gasteiger partial charge in [0.1, 0.15) is 5.75 Å². The van der Waals surface area contributed by atoms with Gasteiger partial charge in [0.2, 0.25) is 0 Å². The molecule has 1 fully saturated rings. The van der Waals surface area contributed by atoms with Crippen LogP contribution in [-0.4, -0.2) is 43.0 Å². The molecule has 1 aromatic rings. The molecule has 0 bridgehead atoms. The van der Waals surface area contributed by atoms with Crippen LogP contribution in [0.1, 0.15) is 26.2 Å². The lowest BCUT2D eigenvalue weighted by atomic mass is 10.1. The van der Waals surface area contributed by atoms with E-state index < -0.39 is 17.9 Å². The summed E-state index contributed by atoms with van der Waals surface area (Å²) >= 11 is 0. The molecule has 2 aliphatic rings. The molecule has 3 rings (SSSR count). The summed E-state index contributed by atoms with van der Waals surface area (Å²) in [4.78, 5) is 38.2. The first-order chi connectivity index (χ1) is 11.6. The van der Waals surface area contributed by atoms with Crippen molar-refractivity contribution in [2.45, 2.75) is 38.3 Å². The number of hydrogen-bond donors (Lipinski definition) is 2. The minimum atomic E-state index is -0.830. The van der Waals surface area contributed by atoms with Gasteiger partial charge in [-0.3, -0.25) is 19.3 Å². The maximum absolute atomic E-state index is 12.5. The molecule has 24 heavy (non-hydrogen) atoms. The lowest BCUT2D eigenvalue weighted by Crippen LogP contribution is -2.54. The van der Waals surface area contributed by atoms with Crippen molar-refractivity contribution in [1.29, 1.82) is 0 Å².